The van der Waals surface area contributed by atoms with Gasteiger partial charge in [-0.3, -0.25) is 14.4 Å². The van der Waals surface area contributed by atoms with Gasteiger partial charge in [-0.15, -0.1) is 11.8 Å². The molecule has 7 nitrogen and oxygen atoms in total. The number of esters is 1. The van der Waals surface area contributed by atoms with Gasteiger partial charge < -0.3 is 20.3 Å². The molecule has 3 heterocycles. The molecule has 2 amide bonds. The number of benzene rings is 1. The molecule has 3 saturated heterocycles. The summed E-state index contributed by atoms with van der Waals surface area (Å²) < 4.78 is 5.09. The molecule has 0 aromatic heterocycles. The lowest BCUT2D eigenvalue weighted by Gasteiger charge is -2.48. The number of anilines is 1. The van der Waals surface area contributed by atoms with Crippen LogP contribution in [-0.2, 0) is 24.0 Å². The molecule has 0 bridgehead atoms. The Morgan fingerprint density at radius 3 is 2.89 bits per heavy atom. The first-order chi connectivity index (χ1) is 13.0. The standard InChI is InChI=1S/C19H23N3O4S/c1-2-26-16(23)10-12-11-27-19(13-6-3-4-7-14(13)20)18(25)21-9-5-8-15(21)17(24)22(12)19/h3-4,6-7,12,15H,2,5,8-11,20H2,1H3/t12-,15+,19+/m1/s1. The van der Waals surface area contributed by atoms with Crippen molar-refractivity contribution >= 4 is 35.2 Å². The summed E-state index contributed by atoms with van der Waals surface area (Å²) in [6.07, 6.45) is 1.56. The van der Waals surface area contributed by atoms with Crippen LogP contribution in [0.3, 0.4) is 0 Å². The molecule has 3 atom stereocenters. The highest BCUT2D eigenvalue weighted by molar-refractivity contribution is 8.01. The molecule has 0 aliphatic carbocycles. The van der Waals surface area contributed by atoms with Gasteiger partial charge in [0.2, 0.25) is 5.91 Å². The number of fused-ring (bicyclic) bond motifs is 2. The molecule has 2 N–H and O–H groups in total. The smallest absolute Gasteiger partial charge is 0.307 e. The fraction of sp³-hybridized carbons (Fsp3) is 0.526. The molecule has 8 heteroatoms. The Morgan fingerprint density at radius 1 is 1.37 bits per heavy atom. The molecule has 0 spiro atoms. The van der Waals surface area contributed by atoms with Crippen LogP contribution in [0.2, 0.25) is 0 Å². The van der Waals surface area contributed by atoms with Gasteiger partial charge in [0.15, 0.2) is 4.87 Å². The summed E-state index contributed by atoms with van der Waals surface area (Å²) in [6.45, 7) is 2.63. The maximum atomic E-state index is 13.6. The van der Waals surface area contributed by atoms with Gasteiger partial charge in [0, 0.05) is 23.5 Å². The lowest BCUT2D eigenvalue weighted by Crippen LogP contribution is -2.67. The first kappa shape index (κ1) is 18.2. The van der Waals surface area contributed by atoms with Crippen LogP contribution < -0.4 is 5.73 Å². The summed E-state index contributed by atoms with van der Waals surface area (Å²) in [6, 6.07) is 6.38. The van der Waals surface area contributed by atoms with Crippen LogP contribution in [-0.4, -0.2) is 58.6 Å². The normalized spacial score (nSPS) is 29.7. The summed E-state index contributed by atoms with van der Waals surface area (Å²) in [7, 11) is 0. The second-order valence-corrected chi connectivity index (χ2v) is 8.28. The SMILES string of the molecule is CCOC(=O)C[C@@H]1CS[C@@]2(c3ccccc3N)C(=O)N3CCC[C@H]3C(=O)N12. The van der Waals surface area contributed by atoms with E-state index >= 15 is 0 Å². The van der Waals surface area contributed by atoms with Crippen molar-refractivity contribution < 1.29 is 19.1 Å². The number of rotatable bonds is 4. The number of hydrogen-bond donors (Lipinski definition) is 1. The summed E-state index contributed by atoms with van der Waals surface area (Å²) in [5.41, 5.74) is 7.33. The van der Waals surface area contributed by atoms with Gasteiger partial charge in [0.25, 0.3) is 5.91 Å². The summed E-state index contributed by atoms with van der Waals surface area (Å²) in [5.74, 6) is -0.0481. The van der Waals surface area contributed by atoms with E-state index in [1.54, 1.807) is 22.8 Å². The zero-order chi connectivity index (χ0) is 19.2. The van der Waals surface area contributed by atoms with E-state index in [9.17, 15) is 14.4 Å². The van der Waals surface area contributed by atoms with E-state index in [4.69, 9.17) is 10.5 Å². The van der Waals surface area contributed by atoms with Crippen molar-refractivity contribution in [2.45, 2.75) is 43.1 Å². The number of nitrogens with two attached hydrogens (primary N) is 1. The average molecular weight is 389 g/mol. The van der Waals surface area contributed by atoms with Gasteiger partial charge >= 0.3 is 5.97 Å². The number of piperazine rings is 1. The molecule has 3 fully saturated rings. The van der Waals surface area contributed by atoms with E-state index < -0.39 is 10.9 Å². The number of nitrogens with zero attached hydrogens (tertiary/aromatic N) is 2. The third-order valence-electron chi connectivity index (χ3n) is 5.55. The fourth-order valence-corrected chi connectivity index (χ4v) is 6.09. The molecular formula is C19H23N3O4S. The number of carbonyl (C=O) groups is 3. The largest absolute Gasteiger partial charge is 0.466 e. The van der Waals surface area contributed by atoms with Gasteiger partial charge in [0.05, 0.1) is 19.1 Å². The first-order valence-corrected chi connectivity index (χ1v) is 10.3. The number of amides is 2. The highest BCUT2D eigenvalue weighted by Gasteiger charge is 2.64. The quantitative estimate of drug-likeness (QED) is 0.617. The Bertz CT molecular complexity index is 801. The van der Waals surface area contributed by atoms with E-state index in [2.05, 4.69) is 0 Å². The average Bonchev–Trinajstić information content (AvgIpc) is 3.27. The van der Waals surface area contributed by atoms with Crippen LogP contribution in [0.5, 0.6) is 0 Å². The van der Waals surface area contributed by atoms with E-state index in [1.165, 1.54) is 11.8 Å². The van der Waals surface area contributed by atoms with Crippen LogP contribution in [0.4, 0.5) is 5.69 Å². The Hall–Kier alpha value is -2.22. The van der Waals surface area contributed by atoms with Crippen molar-refractivity contribution in [2.75, 3.05) is 24.6 Å². The zero-order valence-electron chi connectivity index (χ0n) is 15.2. The molecular weight excluding hydrogens is 366 g/mol. The number of para-hydroxylation sites is 1. The Kier molecular flexibility index (Phi) is 4.53. The minimum absolute atomic E-state index is 0.0844. The molecule has 0 unspecified atom stereocenters. The maximum absolute atomic E-state index is 13.6. The molecule has 0 saturated carbocycles. The minimum atomic E-state index is -1.19. The van der Waals surface area contributed by atoms with Crippen LogP contribution in [0, 0.1) is 0 Å². The number of carbonyl (C=O) groups excluding carboxylic acids is 3. The Labute approximate surface area is 162 Å². The molecule has 0 radical (unpaired) electrons. The lowest BCUT2D eigenvalue weighted by molar-refractivity contribution is -0.165. The van der Waals surface area contributed by atoms with Crippen LogP contribution in [0.1, 0.15) is 31.7 Å². The highest BCUT2D eigenvalue weighted by atomic mass is 32.2. The predicted octanol–water partition coefficient (Wildman–Crippen LogP) is 1.32. The Balaban J connectivity index is 1.80. The van der Waals surface area contributed by atoms with Crippen LogP contribution >= 0.6 is 11.8 Å². The molecule has 27 heavy (non-hydrogen) atoms. The van der Waals surface area contributed by atoms with Crippen molar-refractivity contribution in [1.82, 2.24) is 9.80 Å². The van der Waals surface area contributed by atoms with E-state index in [-0.39, 0.29) is 30.2 Å². The van der Waals surface area contributed by atoms with Crippen LogP contribution in [0.25, 0.3) is 0 Å². The van der Waals surface area contributed by atoms with Crippen molar-refractivity contribution in [3.63, 3.8) is 0 Å². The summed E-state index contributed by atoms with van der Waals surface area (Å²) in [5, 5.41) is 0. The van der Waals surface area contributed by atoms with Gasteiger partial charge in [-0.25, -0.2) is 0 Å². The van der Waals surface area contributed by atoms with E-state index in [0.29, 0.717) is 36.6 Å². The van der Waals surface area contributed by atoms with Gasteiger partial charge in [-0.05, 0) is 25.8 Å². The molecule has 1 aromatic carbocycles. The highest BCUT2D eigenvalue weighted by Crippen LogP contribution is 2.54. The van der Waals surface area contributed by atoms with Crippen molar-refractivity contribution in [2.24, 2.45) is 0 Å². The number of hydrogen-bond acceptors (Lipinski definition) is 6. The fourth-order valence-electron chi connectivity index (χ4n) is 4.43. The second kappa shape index (κ2) is 6.74. The molecule has 1 aromatic rings. The second-order valence-electron chi connectivity index (χ2n) is 7.07. The minimum Gasteiger partial charge on any atom is -0.466 e. The topological polar surface area (TPSA) is 92.9 Å². The lowest BCUT2D eigenvalue weighted by atomic mass is 9.94. The van der Waals surface area contributed by atoms with Crippen molar-refractivity contribution in [3.8, 4) is 0 Å². The van der Waals surface area contributed by atoms with Gasteiger partial charge in [-0.2, -0.15) is 0 Å². The van der Waals surface area contributed by atoms with E-state index in [1.807, 2.05) is 18.2 Å². The monoisotopic (exact) mass is 389 g/mol. The molecule has 4 rings (SSSR count). The third-order valence-corrected chi connectivity index (χ3v) is 7.11. The van der Waals surface area contributed by atoms with Crippen LogP contribution in [0.15, 0.2) is 24.3 Å². The zero-order valence-corrected chi connectivity index (χ0v) is 16.0. The molecule has 144 valence electrons. The predicted molar refractivity (Wildman–Crippen MR) is 102 cm³/mol. The number of ether oxygens (including phenoxy) is 1. The maximum Gasteiger partial charge on any atom is 0.307 e. The van der Waals surface area contributed by atoms with Gasteiger partial charge in [0.1, 0.15) is 6.04 Å². The first-order valence-electron chi connectivity index (χ1n) is 9.29. The van der Waals surface area contributed by atoms with Crippen molar-refractivity contribution in [3.05, 3.63) is 29.8 Å². The number of thioether (sulfide) groups is 1. The third kappa shape index (κ3) is 2.61. The summed E-state index contributed by atoms with van der Waals surface area (Å²) in [4.78, 5) is 41.3. The Morgan fingerprint density at radius 2 is 2.15 bits per heavy atom. The molecule has 3 aliphatic rings. The number of nitrogen functional groups attached to an aromatic ring is 1. The van der Waals surface area contributed by atoms with Gasteiger partial charge in [-0.1, -0.05) is 18.2 Å². The van der Waals surface area contributed by atoms with E-state index in [0.717, 1.165) is 6.42 Å². The van der Waals surface area contributed by atoms with Crippen molar-refractivity contribution in [1.29, 1.82) is 0 Å². The molecule has 3 aliphatic heterocycles. The summed E-state index contributed by atoms with van der Waals surface area (Å²) >= 11 is 1.40.